The highest BCUT2D eigenvalue weighted by Crippen LogP contribution is 2.51. The zero-order valence-electron chi connectivity index (χ0n) is 35.0. The molecular weight excluding hydrogens is 685 g/mol. The van der Waals surface area contributed by atoms with Gasteiger partial charge in [-0.3, -0.25) is 0 Å². The van der Waals surface area contributed by atoms with Crippen LogP contribution in [0.4, 0.5) is 0 Å². The van der Waals surface area contributed by atoms with Crippen LogP contribution < -0.4 is 15.1 Å². The highest BCUT2D eigenvalue weighted by Gasteiger charge is 2.46. The second-order valence-corrected chi connectivity index (χ2v) is 27.9. The van der Waals surface area contributed by atoms with Crippen molar-refractivity contribution in [1.82, 2.24) is 0 Å². The van der Waals surface area contributed by atoms with Crippen molar-refractivity contribution in [2.24, 2.45) is 0 Å². The topological polar surface area (TPSA) is 9.23 Å². The summed E-state index contributed by atoms with van der Waals surface area (Å²) in [6.45, 7) is 28.9. The lowest BCUT2D eigenvalue weighted by atomic mass is 9.97. The summed E-state index contributed by atoms with van der Waals surface area (Å²) in [6, 6.07) is 38.2. The number of hydrogen-bond donors (Lipinski definition) is 0. The molecule has 0 unspecified atom stereocenters. The number of unbranched alkanes of at least 4 members (excludes halogenated alkanes) is 2. The number of hydrogen-bond acceptors (Lipinski definition) is 1. The standard InChI is InChI=1S/C51H64OSi2/c1-12-15-17-37-19-23-39(24-20-37)41-27-29-43-44-30-28-42(40-25-21-38(22-26-40)18-16-13-2)35-46(44)50(45(43)34-41)53(8,9)47-32-36(4)33-48(49(47)52-31-14-3)54(10,11)51(5,6)7/h14,19-30,32-35,50H,3,12-13,15-18,31H2,1-2,4-11H3. The molecule has 5 aromatic rings. The fourth-order valence-corrected chi connectivity index (χ4v) is 14.5. The molecule has 0 amide bonds. The molecule has 3 heteroatoms. The van der Waals surface area contributed by atoms with Crippen LogP contribution in [0, 0.1) is 6.92 Å². The van der Waals surface area contributed by atoms with E-state index in [1.54, 1.807) is 0 Å². The highest BCUT2D eigenvalue weighted by molar-refractivity contribution is 6.95. The molecule has 1 aliphatic rings. The van der Waals surface area contributed by atoms with Crippen LogP contribution in [-0.2, 0) is 12.8 Å². The van der Waals surface area contributed by atoms with Crippen LogP contribution in [0.15, 0.2) is 110 Å². The van der Waals surface area contributed by atoms with Crippen molar-refractivity contribution in [3.63, 3.8) is 0 Å². The third-order valence-electron chi connectivity index (χ3n) is 12.8. The summed E-state index contributed by atoms with van der Waals surface area (Å²) in [6.07, 6.45) is 9.11. The van der Waals surface area contributed by atoms with E-state index in [2.05, 4.69) is 171 Å². The molecule has 6 rings (SSSR count). The van der Waals surface area contributed by atoms with Gasteiger partial charge in [0, 0.05) is 5.54 Å². The molecule has 0 saturated heterocycles. The molecule has 0 heterocycles. The van der Waals surface area contributed by atoms with E-state index in [1.165, 1.54) is 97.3 Å². The molecule has 0 aromatic heterocycles. The van der Waals surface area contributed by atoms with Crippen molar-refractivity contribution in [2.75, 3.05) is 6.61 Å². The monoisotopic (exact) mass is 748 g/mol. The van der Waals surface area contributed by atoms with Gasteiger partial charge in [0.25, 0.3) is 0 Å². The predicted octanol–water partition coefficient (Wildman–Crippen LogP) is 13.6. The average molecular weight is 749 g/mol. The average Bonchev–Trinajstić information content (AvgIpc) is 3.49. The van der Waals surface area contributed by atoms with E-state index in [9.17, 15) is 0 Å². The van der Waals surface area contributed by atoms with E-state index < -0.39 is 16.1 Å². The maximum atomic E-state index is 6.89. The zero-order valence-corrected chi connectivity index (χ0v) is 37.0. The molecule has 1 aliphatic carbocycles. The van der Waals surface area contributed by atoms with Gasteiger partial charge in [-0.2, -0.15) is 0 Å². The largest absolute Gasteiger partial charge is 0.490 e. The Hall–Kier alpha value is -3.93. The summed E-state index contributed by atoms with van der Waals surface area (Å²) in [5, 5.41) is 3.05. The van der Waals surface area contributed by atoms with Gasteiger partial charge in [0.05, 0.1) is 16.1 Å². The molecule has 0 bridgehead atoms. The molecule has 0 fully saturated rings. The number of ether oxygens (including phenoxy) is 1. The van der Waals surface area contributed by atoms with Gasteiger partial charge >= 0.3 is 0 Å². The van der Waals surface area contributed by atoms with Gasteiger partial charge in [0.15, 0.2) is 0 Å². The minimum atomic E-state index is -2.38. The van der Waals surface area contributed by atoms with E-state index in [0.29, 0.717) is 6.61 Å². The van der Waals surface area contributed by atoms with Crippen molar-refractivity contribution in [2.45, 2.75) is 117 Å². The van der Waals surface area contributed by atoms with Crippen LogP contribution in [0.25, 0.3) is 33.4 Å². The van der Waals surface area contributed by atoms with Gasteiger partial charge in [-0.1, -0.05) is 189 Å². The lowest BCUT2D eigenvalue weighted by Gasteiger charge is -2.41. The summed E-state index contributed by atoms with van der Waals surface area (Å²) in [7, 11) is -4.35. The summed E-state index contributed by atoms with van der Waals surface area (Å²) in [5.41, 5.74) is 15.3. The molecule has 1 nitrogen and oxygen atoms in total. The van der Waals surface area contributed by atoms with Crippen molar-refractivity contribution < 1.29 is 4.74 Å². The van der Waals surface area contributed by atoms with E-state index >= 15 is 0 Å². The second-order valence-electron chi connectivity index (χ2n) is 18.0. The molecular formula is C51H64OSi2. The van der Waals surface area contributed by atoms with Crippen LogP contribution in [0.1, 0.15) is 93.7 Å². The Balaban J connectivity index is 1.55. The number of fused-ring (bicyclic) bond motifs is 3. The molecule has 0 saturated carbocycles. The first-order valence-corrected chi connectivity index (χ1v) is 26.6. The Morgan fingerprint density at radius 3 is 1.50 bits per heavy atom. The number of benzene rings is 5. The maximum Gasteiger partial charge on any atom is 0.118 e. The summed E-state index contributed by atoms with van der Waals surface area (Å²) in [5.74, 6) is 1.14. The lowest BCUT2D eigenvalue weighted by Crippen LogP contribution is -2.55. The van der Waals surface area contributed by atoms with Crippen molar-refractivity contribution in [3.8, 4) is 39.1 Å². The quantitative estimate of drug-likeness (QED) is 0.0812. The summed E-state index contributed by atoms with van der Waals surface area (Å²) >= 11 is 0. The number of rotatable bonds is 14. The van der Waals surface area contributed by atoms with Crippen LogP contribution in [0.3, 0.4) is 0 Å². The van der Waals surface area contributed by atoms with Gasteiger partial charge in [0.2, 0.25) is 0 Å². The molecule has 0 atom stereocenters. The molecule has 5 aromatic carbocycles. The molecule has 282 valence electrons. The minimum Gasteiger partial charge on any atom is -0.490 e. The van der Waals surface area contributed by atoms with E-state index in [4.69, 9.17) is 4.74 Å². The first-order valence-electron chi connectivity index (χ1n) is 20.6. The van der Waals surface area contributed by atoms with E-state index in [1.807, 2.05) is 6.08 Å². The van der Waals surface area contributed by atoms with Crippen molar-refractivity contribution in [3.05, 3.63) is 138 Å². The second kappa shape index (κ2) is 16.0. The van der Waals surface area contributed by atoms with Crippen LogP contribution in [0.2, 0.25) is 31.2 Å². The van der Waals surface area contributed by atoms with Crippen molar-refractivity contribution in [1.29, 1.82) is 0 Å². The minimum absolute atomic E-state index is 0.171. The molecule has 0 radical (unpaired) electrons. The smallest absolute Gasteiger partial charge is 0.118 e. The first kappa shape index (κ1) is 39.8. The van der Waals surface area contributed by atoms with Crippen molar-refractivity contribution >= 4 is 26.5 Å². The fraction of sp³-hybridized carbons (Fsp3) is 0.373. The van der Waals surface area contributed by atoms with Crippen LogP contribution in [0.5, 0.6) is 5.75 Å². The van der Waals surface area contributed by atoms with E-state index in [0.717, 1.165) is 18.6 Å². The van der Waals surface area contributed by atoms with Gasteiger partial charge in [-0.05, 0) is 104 Å². The Morgan fingerprint density at radius 1 is 0.630 bits per heavy atom. The normalized spacial score (nSPS) is 13.1. The molecule has 0 N–H and O–H groups in total. The van der Waals surface area contributed by atoms with E-state index in [-0.39, 0.29) is 10.6 Å². The van der Waals surface area contributed by atoms with Gasteiger partial charge < -0.3 is 4.74 Å². The van der Waals surface area contributed by atoms with Gasteiger partial charge in [-0.15, -0.1) is 0 Å². The molecule has 0 aliphatic heterocycles. The summed E-state index contributed by atoms with van der Waals surface area (Å²) in [4.78, 5) is 0. The van der Waals surface area contributed by atoms with Gasteiger partial charge in [-0.25, -0.2) is 0 Å². The Bertz CT molecular complexity index is 1990. The number of aryl methyl sites for hydroxylation is 3. The predicted molar refractivity (Wildman–Crippen MR) is 243 cm³/mol. The maximum absolute atomic E-state index is 6.89. The van der Waals surface area contributed by atoms with Crippen LogP contribution in [-0.4, -0.2) is 22.8 Å². The Kier molecular flexibility index (Phi) is 11.8. The molecule has 54 heavy (non-hydrogen) atoms. The molecule has 0 spiro atoms. The lowest BCUT2D eigenvalue weighted by molar-refractivity contribution is 0.368. The SMILES string of the molecule is C=CCOc1c([Si](C)(C)C2c3cc(-c4ccc(CCCC)cc4)ccc3-c3ccc(-c4ccc(CCCC)cc4)cc32)cc(C)cc1[Si](C)(C)C(C)(C)C. The van der Waals surface area contributed by atoms with Gasteiger partial charge in [0.1, 0.15) is 12.4 Å². The Labute approximate surface area is 330 Å². The Morgan fingerprint density at radius 2 is 1.07 bits per heavy atom. The zero-order chi connectivity index (χ0) is 38.8. The summed E-state index contributed by atoms with van der Waals surface area (Å²) < 4.78 is 6.89. The third kappa shape index (κ3) is 7.77. The first-order chi connectivity index (χ1) is 25.7. The fourth-order valence-electron chi connectivity index (χ4n) is 8.46. The highest BCUT2D eigenvalue weighted by atomic mass is 28.3. The van der Waals surface area contributed by atoms with Crippen LogP contribution >= 0.6 is 0 Å². The third-order valence-corrected chi connectivity index (χ3v) is 22.1.